The van der Waals surface area contributed by atoms with Gasteiger partial charge in [0, 0.05) is 0 Å². The highest BCUT2D eigenvalue weighted by Crippen LogP contribution is 2.32. The lowest BCUT2D eigenvalue weighted by Crippen LogP contribution is -2.09. The Bertz CT molecular complexity index is 390. The van der Waals surface area contributed by atoms with Gasteiger partial charge in [0.1, 0.15) is 12.4 Å². The Morgan fingerprint density at radius 3 is 3.20 bits per heavy atom. The molecule has 2 heteroatoms. The molecular weight excluding hydrogens is 188 g/mol. The van der Waals surface area contributed by atoms with Crippen molar-refractivity contribution in [2.45, 2.75) is 25.4 Å². The summed E-state index contributed by atoms with van der Waals surface area (Å²) in [7, 11) is 0. The van der Waals surface area contributed by atoms with Crippen LogP contribution in [0.1, 0.15) is 30.1 Å². The molecule has 1 atom stereocenters. The third-order valence-electron chi connectivity index (χ3n) is 2.72. The van der Waals surface area contributed by atoms with E-state index in [-0.39, 0.29) is 12.7 Å². The lowest BCUT2D eigenvalue weighted by Gasteiger charge is -2.21. The number of terminal acetylenes is 1. The number of rotatable bonds is 2. The summed E-state index contributed by atoms with van der Waals surface area (Å²) in [6.45, 7) is 0.273. The first-order valence-corrected chi connectivity index (χ1v) is 5.18. The molecule has 0 amide bonds. The number of ether oxygens (including phenoxy) is 1. The topological polar surface area (TPSA) is 29.5 Å². The molecule has 0 fully saturated rings. The molecule has 0 unspecified atom stereocenters. The van der Waals surface area contributed by atoms with Gasteiger partial charge < -0.3 is 9.84 Å². The maximum Gasteiger partial charge on any atom is 0.148 e. The molecule has 0 aromatic heterocycles. The van der Waals surface area contributed by atoms with Crippen molar-refractivity contribution in [1.82, 2.24) is 0 Å². The van der Waals surface area contributed by atoms with Crippen LogP contribution in [0.25, 0.3) is 0 Å². The Kier molecular flexibility index (Phi) is 2.94. The standard InChI is InChI=1S/C13H14O2/c1-2-8-15-11-7-6-10-4-3-5-13(14)12(10)9-11/h1,6-7,9,13-14H,3-5,8H2/t13-/m0/s1. The summed E-state index contributed by atoms with van der Waals surface area (Å²) in [5, 5.41) is 9.82. The van der Waals surface area contributed by atoms with E-state index in [1.165, 1.54) is 5.56 Å². The molecule has 0 spiro atoms. The zero-order valence-corrected chi connectivity index (χ0v) is 8.57. The molecule has 0 saturated heterocycles. The van der Waals surface area contributed by atoms with Crippen molar-refractivity contribution in [2.75, 3.05) is 6.61 Å². The van der Waals surface area contributed by atoms with Crippen molar-refractivity contribution in [2.24, 2.45) is 0 Å². The Hall–Kier alpha value is -1.46. The van der Waals surface area contributed by atoms with Crippen LogP contribution in [0.2, 0.25) is 0 Å². The fourth-order valence-electron chi connectivity index (χ4n) is 1.97. The van der Waals surface area contributed by atoms with Crippen molar-refractivity contribution >= 4 is 0 Å². The maximum atomic E-state index is 9.82. The number of hydrogen-bond donors (Lipinski definition) is 1. The first-order valence-electron chi connectivity index (χ1n) is 5.18. The summed E-state index contributed by atoms with van der Waals surface area (Å²) in [5.41, 5.74) is 2.22. The second kappa shape index (κ2) is 4.37. The van der Waals surface area contributed by atoms with Crippen LogP contribution >= 0.6 is 0 Å². The van der Waals surface area contributed by atoms with E-state index >= 15 is 0 Å². The van der Waals surface area contributed by atoms with Crippen LogP contribution in [0.4, 0.5) is 0 Å². The number of aliphatic hydroxyl groups is 1. The van der Waals surface area contributed by atoms with Gasteiger partial charge in [-0.2, -0.15) is 0 Å². The first kappa shape index (κ1) is 10.1. The molecule has 2 nitrogen and oxygen atoms in total. The molecule has 0 aliphatic heterocycles. The molecule has 0 heterocycles. The van der Waals surface area contributed by atoms with E-state index in [1.54, 1.807) is 0 Å². The van der Waals surface area contributed by atoms with E-state index in [2.05, 4.69) is 5.92 Å². The molecular formula is C13H14O2. The van der Waals surface area contributed by atoms with Gasteiger partial charge in [-0.15, -0.1) is 6.42 Å². The van der Waals surface area contributed by atoms with Crippen LogP contribution in [0.15, 0.2) is 18.2 Å². The number of aryl methyl sites for hydroxylation is 1. The molecule has 1 aliphatic rings. The van der Waals surface area contributed by atoms with Gasteiger partial charge in [0.05, 0.1) is 6.10 Å². The second-order valence-electron chi connectivity index (χ2n) is 3.76. The first-order chi connectivity index (χ1) is 7.31. The van der Waals surface area contributed by atoms with Crippen LogP contribution in [0, 0.1) is 12.3 Å². The zero-order chi connectivity index (χ0) is 10.7. The Morgan fingerprint density at radius 1 is 1.53 bits per heavy atom. The minimum absolute atomic E-state index is 0.273. The van der Waals surface area contributed by atoms with Gasteiger partial charge >= 0.3 is 0 Å². The summed E-state index contributed by atoms with van der Waals surface area (Å²) < 4.78 is 5.32. The quantitative estimate of drug-likeness (QED) is 0.744. The summed E-state index contributed by atoms with van der Waals surface area (Å²) in [6.07, 6.45) is 7.71. The van der Waals surface area contributed by atoms with Crippen molar-refractivity contribution in [3.8, 4) is 18.1 Å². The summed E-state index contributed by atoms with van der Waals surface area (Å²) >= 11 is 0. The molecule has 0 radical (unpaired) electrons. The SMILES string of the molecule is C#CCOc1ccc2c(c1)[C@@H](O)CCC2. The fourth-order valence-corrected chi connectivity index (χ4v) is 1.97. The van der Waals surface area contributed by atoms with E-state index in [0.29, 0.717) is 0 Å². The molecule has 1 aromatic carbocycles. The number of fused-ring (bicyclic) bond motifs is 1. The molecule has 0 saturated carbocycles. The number of hydrogen-bond acceptors (Lipinski definition) is 2. The number of benzene rings is 1. The van der Waals surface area contributed by atoms with E-state index in [9.17, 15) is 5.11 Å². The third kappa shape index (κ3) is 2.14. The third-order valence-corrected chi connectivity index (χ3v) is 2.72. The van der Waals surface area contributed by atoms with E-state index < -0.39 is 0 Å². The van der Waals surface area contributed by atoms with E-state index in [4.69, 9.17) is 11.2 Å². The maximum absolute atomic E-state index is 9.82. The largest absolute Gasteiger partial charge is 0.481 e. The van der Waals surface area contributed by atoms with Gasteiger partial charge in [0.2, 0.25) is 0 Å². The zero-order valence-electron chi connectivity index (χ0n) is 8.57. The fraction of sp³-hybridized carbons (Fsp3) is 0.385. The average molecular weight is 202 g/mol. The van der Waals surface area contributed by atoms with Crippen LogP contribution in [-0.4, -0.2) is 11.7 Å². The van der Waals surface area contributed by atoms with Crippen molar-refractivity contribution in [3.05, 3.63) is 29.3 Å². The van der Waals surface area contributed by atoms with Gasteiger partial charge in [-0.25, -0.2) is 0 Å². The Balaban J connectivity index is 2.24. The predicted molar refractivity (Wildman–Crippen MR) is 58.7 cm³/mol. The Labute approximate surface area is 89.9 Å². The van der Waals surface area contributed by atoms with Crippen molar-refractivity contribution in [3.63, 3.8) is 0 Å². The number of aliphatic hydroxyl groups excluding tert-OH is 1. The molecule has 2 rings (SSSR count). The average Bonchev–Trinajstić information content (AvgIpc) is 2.27. The minimum atomic E-state index is -0.344. The molecule has 15 heavy (non-hydrogen) atoms. The van der Waals surface area contributed by atoms with E-state index in [1.807, 2.05) is 18.2 Å². The van der Waals surface area contributed by atoms with Gasteiger partial charge in [-0.1, -0.05) is 12.0 Å². The lowest BCUT2D eigenvalue weighted by molar-refractivity contribution is 0.156. The van der Waals surface area contributed by atoms with Crippen LogP contribution in [-0.2, 0) is 6.42 Å². The van der Waals surface area contributed by atoms with Crippen molar-refractivity contribution < 1.29 is 9.84 Å². The van der Waals surface area contributed by atoms with Gasteiger partial charge in [-0.3, -0.25) is 0 Å². The highest BCUT2D eigenvalue weighted by atomic mass is 16.5. The Morgan fingerprint density at radius 2 is 2.40 bits per heavy atom. The molecule has 78 valence electrons. The van der Waals surface area contributed by atoms with E-state index in [0.717, 1.165) is 30.6 Å². The highest BCUT2D eigenvalue weighted by Gasteiger charge is 2.18. The summed E-state index contributed by atoms with van der Waals surface area (Å²) in [6, 6.07) is 5.83. The molecule has 1 N–H and O–H groups in total. The summed E-state index contributed by atoms with van der Waals surface area (Å²) in [5.74, 6) is 3.17. The van der Waals surface area contributed by atoms with Crippen molar-refractivity contribution in [1.29, 1.82) is 0 Å². The lowest BCUT2D eigenvalue weighted by atomic mass is 9.89. The normalized spacial score (nSPS) is 19.1. The molecule has 1 aromatic rings. The summed E-state index contributed by atoms with van der Waals surface area (Å²) in [4.78, 5) is 0. The smallest absolute Gasteiger partial charge is 0.148 e. The highest BCUT2D eigenvalue weighted by molar-refractivity contribution is 5.38. The minimum Gasteiger partial charge on any atom is -0.481 e. The second-order valence-corrected chi connectivity index (χ2v) is 3.76. The van der Waals surface area contributed by atoms with Crippen LogP contribution in [0.3, 0.4) is 0 Å². The predicted octanol–water partition coefficient (Wildman–Crippen LogP) is 2.07. The molecule has 0 bridgehead atoms. The van der Waals surface area contributed by atoms with Crippen LogP contribution < -0.4 is 4.74 Å². The van der Waals surface area contributed by atoms with Gasteiger partial charge in [0.15, 0.2) is 0 Å². The molecule has 1 aliphatic carbocycles. The van der Waals surface area contributed by atoms with Gasteiger partial charge in [-0.05, 0) is 42.5 Å². The van der Waals surface area contributed by atoms with Crippen LogP contribution in [0.5, 0.6) is 5.75 Å². The van der Waals surface area contributed by atoms with Gasteiger partial charge in [0.25, 0.3) is 0 Å². The monoisotopic (exact) mass is 202 g/mol.